The average molecular weight is 739 g/mol. The molecule has 0 aliphatic carbocycles. The van der Waals surface area contributed by atoms with Crippen molar-refractivity contribution >= 4 is 23.5 Å². The molecule has 1 aromatic heterocycles. The van der Waals surface area contributed by atoms with Gasteiger partial charge in [0, 0.05) is 59.4 Å². The van der Waals surface area contributed by atoms with Gasteiger partial charge in [-0.2, -0.15) is 15.0 Å². The quantitative estimate of drug-likeness (QED) is 0.145. The van der Waals surface area contributed by atoms with E-state index in [-0.39, 0.29) is 27.7 Å². The number of hydrogen-bond acceptors (Lipinski definition) is 11. The van der Waals surface area contributed by atoms with E-state index in [1.165, 1.54) is 0 Å². The normalized spacial score (nSPS) is 20.9. The van der Waals surface area contributed by atoms with Crippen LogP contribution in [0.1, 0.15) is 146 Å². The number of unbranched alkanes of at least 4 members (excludes halogenated alkanes) is 2. The summed E-state index contributed by atoms with van der Waals surface area (Å²) in [5.74, 6) is 1.49. The number of piperidine rings is 2. The van der Waals surface area contributed by atoms with Crippen LogP contribution in [-0.4, -0.2) is 111 Å². The third-order valence-electron chi connectivity index (χ3n) is 12.2. The number of rotatable bonds is 17. The lowest BCUT2D eigenvalue weighted by Crippen LogP contribution is -2.63. The molecule has 2 saturated heterocycles. The van der Waals surface area contributed by atoms with Crippen LogP contribution in [0.4, 0.5) is 11.9 Å². The molecule has 0 aromatic carbocycles. The highest BCUT2D eigenvalue weighted by molar-refractivity contribution is 6.28. The van der Waals surface area contributed by atoms with Crippen LogP contribution >= 0.6 is 11.6 Å². The molecule has 51 heavy (non-hydrogen) atoms. The minimum Gasteiger partial charge on any atom is -0.338 e. The summed E-state index contributed by atoms with van der Waals surface area (Å²) in [6.45, 7) is 27.1. The van der Waals surface area contributed by atoms with Crippen LogP contribution in [0.3, 0.4) is 0 Å². The molecule has 0 saturated carbocycles. The number of anilines is 2. The summed E-state index contributed by atoms with van der Waals surface area (Å²) in [5, 5.41) is 0.302. The van der Waals surface area contributed by atoms with Crippen molar-refractivity contribution in [3.63, 3.8) is 0 Å². The largest absolute Gasteiger partial charge is 0.338 e. The average Bonchev–Trinajstić information content (AvgIpc) is 3.04. The summed E-state index contributed by atoms with van der Waals surface area (Å²) in [6.07, 6.45) is 12.4. The maximum atomic E-state index is 6.72. The summed E-state index contributed by atoms with van der Waals surface area (Å²) in [6, 6.07) is 0.684. The fourth-order valence-electron chi connectivity index (χ4n) is 8.45. The van der Waals surface area contributed by atoms with Crippen LogP contribution in [0, 0.1) is 0 Å². The van der Waals surface area contributed by atoms with Gasteiger partial charge in [0.05, 0.1) is 0 Å². The molecule has 0 radical (unpaired) electrons. The van der Waals surface area contributed by atoms with Gasteiger partial charge in [-0.1, -0.05) is 26.7 Å². The molecule has 2 fully saturated rings. The van der Waals surface area contributed by atoms with Gasteiger partial charge in [-0.15, -0.1) is 0 Å². The first-order valence-electron chi connectivity index (χ1n) is 20.0. The summed E-state index contributed by atoms with van der Waals surface area (Å²) in [5.41, 5.74) is 22.5. The van der Waals surface area contributed by atoms with Crippen molar-refractivity contribution in [3.8, 4) is 0 Å². The van der Waals surface area contributed by atoms with E-state index in [1.54, 1.807) is 0 Å². The molecule has 3 rings (SSSR count). The molecular formula is C39H80ClN11. The van der Waals surface area contributed by atoms with Crippen molar-refractivity contribution in [1.82, 2.24) is 24.8 Å². The molecule has 11 nitrogen and oxygen atoms in total. The molecule has 2 aliphatic rings. The van der Waals surface area contributed by atoms with Crippen molar-refractivity contribution in [2.45, 2.75) is 186 Å². The van der Waals surface area contributed by atoms with Gasteiger partial charge < -0.3 is 32.7 Å². The lowest BCUT2D eigenvalue weighted by atomic mass is 9.77. The minimum atomic E-state index is -0.237. The first kappa shape index (κ1) is 45.8. The second-order valence-electron chi connectivity index (χ2n) is 18.1. The Labute approximate surface area is 318 Å². The second-order valence-corrected chi connectivity index (χ2v) is 18.5. The SMILES string of the molecule is CCCCN(c1nc(Cl)nc(N(CCCC)C2CC(C)(C)N(C)C(C)(C)C2)n1)C1CC(C)(C)N(C)C(C)(C)C1.NCCCC(N)(CN)CCCN. The molecule has 0 bridgehead atoms. The van der Waals surface area contributed by atoms with Gasteiger partial charge in [0.2, 0.25) is 17.2 Å². The zero-order valence-electron chi connectivity index (χ0n) is 35.0. The standard InChI is InChI=1S/C31H58ClN7.C8H22N4/c1-13-15-17-38(23-19-28(3,4)36(11)29(5,6)20-23)26-33-25(32)34-27(35-26)39(18-16-14-2)24-21-30(7,8)37(12)31(9,10)22-24;9-5-1-3-8(12,7-11)4-2-6-10/h23-24H,13-22H2,1-12H3;1-7,9-12H2. The van der Waals surface area contributed by atoms with Crippen LogP contribution in [0.2, 0.25) is 5.28 Å². The number of likely N-dealkylation sites (tertiary alicyclic amines) is 2. The lowest BCUT2D eigenvalue weighted by Gasteiger charge is -2.56. The van der Waals surface area contributed by atoms with Crippen molar-refractivity contribution in [1.29, 1.82) is 0 Å². The smallest absolute Gasteiger partial charge is 0.231 e. The molecule has 0 amide bonds. The molecule has 1 aromatic rings. The fourth-order valence-corrected chi connectivity index (χ4v) is 8.60. The molecule has 12 heteroatoms. The molecular weight excluding hydrogens is 658 g/mol. The maximum absolute atomic E-state index is 6.72. The van der Waals surface area contributed by atoms with Crippen LogP contribution in [0.15, 0.2) is 0 Å². The van der Waals surface area contributed by atoms with Crippen molar-refractivity contribution in [3.05, 3.63) is 5.28 Å². The van der Waals surface area contributed by atoms with E-state index in [0.717, 1.165) is 102 Å². The number of hydrogen-bond donors (Lipinski definition) is 4. The Morgan fingerprint density at radius 3 is 1.25 bits per heavy atom. The molecule has 298 valence electrons. The third kappa shape index (κ3) is 12.6. The molecule has 8 N–H and O–H groups in total. The Bertz CT molecular complexity index is 1060. The monoisotopic (exact) mass is 738 g/mol. The highest BCUT2D eigenvalue weighted by Crippen LogP contribution is 2.42. The Morgan fingerprint density at radius 2 is 0.980 bits per heavy atom. The summed E-state index contributed by atoms with van der Waals surface area (Å²) < 4.78 is 0. The highest BCUT2D eigenvalue weighted by Gasteiger charge is 2.47. The van der Waals surface area contributed by atoms with E-state index in [0.29, 0.717) is 37.0 Å². The van der Waals surface area contributed by atoms with Gasteiger partial charge in [-0.3, -0.25) is 9.80 Å². The number of aromatic nitrogens is 3. The lowest BCUT2D eigenvalue weighted by molar-refractivity contribution is -0.0130. The maximum Gasteiger partial charge on any atom is 0.231 e. The van der Waals surface area contributed by atoms with E-state index in [4.69, 9.17) is 49.5 Å². The number of nitrogens with zero attached hydrogens (tertiary/aromatic N) is 7. The first-order valence-corrected chi connectivity index (χ1v) is 20.3. The minimum absolute atomic E-state index is 0.0784. The summed E-state index contributed by atoms with van der Waals surface area (Å²) in [7, 11) is 4.53. The third-order valence-corrected chi connectivity index (χ3v) is 12.4. The number of nitrogens with two attached hydrogens (primary N) is 4. The zero-order valence-corrected chi connectivity index (χ0v) is 35.7. The first-order chi connectivity index (χ1) is 23.6. The predicted octanol–water partition coefficient (Wildman–Crippen LogP) is 6.16. The zero-order chi connectivity index (χ0) is 38.8. The van der Waals surface area contributed by atoms with Crippen molar-refractivity contribution in [2.24, 2.45) is 22.9 Å². The van der Waals surface area contributed by atoms with Gasteiger partial charge >= 0.3 is 0 Å². The Balaban J connectivity index is 0.000000641. The van der Waals surface area contributed by atoms with Crippen molar-refractivity contribution in [2.75, 3.05) is 56.6 Å². The highest BCUT2D eigenvalue weighted by atomic mass is 35.5. The Kier molecular flexibility index (Phi) is 17.3. The Morgan fingerprint density at radius 1 is 0.647 bits per heavy atom. The second kappa shape index (κ2) is 19.3. The molecule has 0 atom stereocenters. The molecule has 0 spiro atoms. The van der Waals surface area contributed by atoms with E-state index >= 15 is 0 Å². The Hall–Kier alpha value is -1.34. The van der Waals surface area contributed by atoms with Crippen LogP contribution in [0.25, 0.3) is 0 Å². The fraction of sp³-hybridized carbons (Fsp3) is 0.923. The van der Waals surface area contributed by atoms with E-state index in [9.17, 15) is 0 Å². The number of halogens is 1. The van der Waals surface area contributed by atoms with Crippen LogP contribution in [-0.2, 0) is 0 Å². The van der Waals surface area contributed by atoms with Gasteiger partial charge in [0.25, 0.3) is 0 Å². The topological polar surface area (TPSA) is 156 Å². The van der Waals surface area contributed by atoms with Crippen molar-refractivity contribution < 1.29 is 0 Å². The molecule has 3 heterocycles. The van der Waals surface area contributed by atoms with Gasteiger partial charge in [0.15, 0.2) is 0 Å². The molecule has 0 unspecified atom stereocenters. The van der Waals surface area contributed by atoms with E-state index < -0.39 is 0 Å². The van der Waals surface area contributed by atoms with Gasteiger partial charge in [0.1, 0.15) is 0 Å². The summed E-state index contributed by atoms with van der Waals surface area (Å²) in [4.78, 5) is 24.8. The van der Waals surface area contributed by atoms with Gasteiger partial charge in [-0.05, 0) is 158 Å². The van der Waals surface area contributed by atoms with Crippen LogP contribution < -0.4 is 32.7 Å². The van der Waals surface area contributed by atoms with E-state index in [2.05, 4.69) is 103 Å². The summed E-state index contributed by atoms with van der Waals surface area (Å²) >= 11 is 6.72. The predicted molar refractivity (Wildman–Crippen MR) is 220 cm³/mol. The van der Waals surface area contributed by atoms with Gasteiger partial charge in [-0.25, -0.2) is 0 Å². The molecule has 2 aliphatic heterocycles. The van der Waals surface area contributed by atoms with Crippen LogP contribution in [0.5, 0.6) is 0 Å². The van der Waals surface area contributed by atoms with E-state index in [1.807, 2.05) is 0 Å².